The summed E-state index contributed by atoms with van der Waals surface area (Å²) in [7, 11) is 1.61. The second kappa shape index (κ2) is 9.70. The van der Waals surface area contributed by atoms with Gasteiger partial charge in [-0.25, -0.2) is 9.37 Å². The molecule has 0 saturated heterocycles. The average molecular weight is 442 g/mol. The summed E-state index contributed by atoms with van der Waals surface area (Å²) in [5.74, 6) is -0.640. The van der Waals surface area contributed by atoms with Gasteiger partial charge in [0.05, 0.1) is 12.8 Å². The highest BCUT2D eigenvalue weighted by Crippen LogP contribution is 2.31. The number of nitrogens with one attached hydrogen (secondary N) is 2. The van der Waals surface area contributed by atoms with E-state index in [4.69, 9.17) is 4.74 Å². The first-order chi connectivity index (χ1) is 14.8. The number of nitrogens with zero attached hydrogens (tertiary/aromatic N) is 1. The summed E-state index contributed by atoms with van der Waals surface area (Å²) in [6.45, 7) is 5.61. The van der Waals surface area contributed by atoms with Crippen LogP contribution in [0.15, 0.2) is 48.5 Å². The normalized spacial score (nSPS) is 11.8. The Morgan fingerprint density at radius 3 is 2.29 bits per heavy atom. The summed E-state index contributed by atoms with van der Waals surface area (Å²) < 4.78 is 18.3. The van der Waals surface area contributed by atoms with E-state index in [1.165, 1.54) is 35.6 Å². The Morgan fingerprint density at radius 2 is 1.71 bits per heavy atom. The number of thiazole rings is 1. The molecular formula is C23H24FN3O3S. The van der Waals surface area contributed by atoms with Crippen LogP contribution in [0.3, 0.4) is 0 Å². The lowest BCUT2D eigenvalue weighted by Crippen LogP contribution is -2.47. The molecule has 162 valence electrons. The van der Waals surface area contributed by atoms with Crippen molar-refractivity contribution in [1.29, 1.82) is 0 Å². The van der Waals surface area contributed by atoms with Crippen LogP contribution in [0.1, 0.15) is 29.1 Å². The minimum absolute atomic E-state index is 0.161. The van der Waals surface area contributed by atoms with E-state index in [-0.39, 0.29) is 17.4 Å². The lowest BCUT2D eigenvalue weighted by atomic mass is 10.0. The van der Waals surface area contributed by atoms with E-state index in [0.717, 1.165) is 21.9 Å². The van der Waals surface area contributed by atoms with E-state index in [1.807, 2.05) is 45.0 Å². The first-order valence-electron chi connectivity index (χ1n) is 9.77. The Labute approximate surface area is 184 Å². The predicted molar refractivity (Wildman–Crippen MR) is 120 cm³/mol. The van der Waals surface area contributed by atoms with Crippen molar-refractivity contribution >= 4 is 28.3 Å². The van der Waals surface area contributed by atoms with Crippen LogP contribution < -0.4 is 15.4 Å². The van der Waals surface area contributed by atoms with Gasteiger partial charge in [0, 0.05) is 16.0 Å². The second-order valence-corrected chi connectivity index (χ2v) is 8.55. The monoisotopic (exact) mass is 441 g/mol. The molecule has 6 nitrogen and oxygen atoms in total. The maximum atomic E-state index is 13.1. The molecular weight excluding hydrogens is 417 g/mol. The van der Waals surface area contributed by atoms with Crippen molar-refractivity contribution in [3.05, 3.63) is 64.8 Å². The predicted octanol–water partition coefficient (Wildman–Crippen LogP) is 4.66. The number of carbonyl (C=O) groups is 2. The molecule has 1 unspecified atom stereocenters. The summed E-state index contributed by atoms with van der Waals surface area (Å²) in [5, 5.41) is 5.99. The van der Waals surface area contributed by atoms with Gasteiger partial charge in [0.2, 0.25) is 5.91 Å². The topological polar surface area (TPSA) is 80.3 Å². The summed E-state index contributed by atoms with van der Waals surface area (Å²) >= 11 is 1.36. The number of amides is 2. The van der Waals surface area contributed by atoms with Crippen LogP contribution in [0.25, 0.3) is 11.3 Å². The molecule has 0 bridgehead atoms. The molecule has 2 aromatic carbocycles. The molecule has 0 aliphatic carbocycles. The highest BCUT2D eigenvalue weighted by atomic mass is 32.1. The Hall–Kier alpha value is -3.26. The minimum Gasteiger partial charge on any atom is -0.497 e. The fourth-order valence-corrected chi connectivity index (χ4v) is 3.85. The fraction of sp³-hybridized carbons (Fsp3) is 0.261. The molecule has 0 radical (unpaired) electrons. The zero-order valence-corrected chi connectivity index (χ0v) is 18.5. The largest absolute Gasteiger partial charge is 0.497 e. The van der Waals surface area contributed by atoms with E-state index >= 15 is 0 Å². The average Bonchev–Trinajstić information content (AvgIpc) is 3.11. The number of anilines is 1. The van der Waals surface area contributed by atoms with Gasteiger partial charge in [-0.2, -0.15) is 0 Å². The molecule has 1 heterocycles. The molecule has 2 N–H and O–H groups in total. The van der Waals surface area contributed by atoms with E-state index < -0.39 is 17.8 Å². The summed E-state index contributed by atoms with van der Waals surface area (Å²) in [6.07, 6.45) is 0. The lowest BCUT2D eigenvalue weighted by molar-refractivity contribution is -0.118. The second-order valence-electron chi connectivity index (χ2n) is 7.34. The number of halogens is 1. The third-order valence-corrected chi connectivity index (χ3v) is 5.62. The third-order valence-electron chi connectivity index (χ3n) is 4.73. The van der Waals surface area contributed by atoms with Crippen molar-refractivity contribution in [2.75, 3.05) is 12.4 Å². The third kappa shape index (κ3) is 5.46. The van der Waals surface area contributed by atoms with Gasteiger partial charge in [-0.1, -0.05) is 13.8 Å². The molecule has 3 rings (SSSR count). The standard InChI is InChI=1S/C23H24FN3O3S/c1-13(2)19(25-21(28)16-5-9-17(24)10-6-16)22(29)27-23-26-20(14(3)31-23)15-7-11-18(30-4)12-8-15/h5-13,19H,1-4H3,(H,25,28)(H,26,27,29). The highest BCUT2D eigenvalue weighted by molar-refractivity contribution is 7.16. The van der Waals surface area contributed by atoms with Gasteiger partial charge in [-0.3, -0.25) is 9.59 Å². The number of aryl methyl sites for hydroxylation is 1. The number of methoxy groups -OCH3 is 1. The molecule has 0 spiro atoms. The van der Waals surface area contributed by atoms with Crippen LogP contribution in [-0.4, -0.2) is 29.9 Å². The molecule has 0 aliphatic rings. The zero-order valence-electron chi connectivity index (χ0n) is 17.7. The number of ether oxygens (including phenoxy) is 1. The number of hydrogen-bond donors (Lipinski definition) is 2. The molecule has 0 fully saturated rings. The van der Waals surface area contributed by atoms with Gasteiger partial charge in [-0.15, -0.1) is 11.3 Å². The lowest BCUT2D eigenvalue weighted by Gasteiger charge is -2.21. The Morgan fingerprint density at radius 1 is 1.06 bits per heavy atom. The van der Waals surface area contributed by atoms with Crippen LogP contribution in [0.5, 0.6) is 5.75 Å². The van der Waals surface area contributed by atoms with Crippen molar-refractivity contribution in [2.45, 2.75) is 26.8 Å². The van der Waals surface area contributed by atoms with E-state index in [2.05, 4.69) is 15.6 Å². The van der Waals surface area contributed by atoms with Gasteiger partial charge in [-0.05, 0) is 61.4 Å². The smallest absolute Gasteiger partial charge is 0.251 e. The SMILES string of the molecule is COc1ccc(-c2nc(NC(=O)C(NC(=O)c3ccc(F)cc3)C(C)C)sc2C)cc1. The van der Waals surface area contributed by atoms with Crippen molar-refractivity contribution < 1.29 is 18.7 Å². The molecule has 31 heavy (non-hydrogen) atoms. The van der Waals surface area contributed by atoms with E-state index in [0.29, 0.717) is 5.13 Å². The molecule has 1 aromatic heterocycles. The summed E-state index contributed by atoms with van der Waals surface area (Å²) in [5.41, 5.74) is 1.98. The maximum Gasteiger partial charge on any atom is 0.251 e. The van der Waals surface area contributed by atoms with Gasteiger partial charge in [0.1, 0.15) is 17.6 Å². The molecule has 1 atom stereocenters. The van der Waals surface area contributed by atoms with Crippen molar-refractivity contribution in [2.24, 2.45) is 5.92 Å². The Balaban J connectivity index is 1.73. The first kappa shape index (κ1) is 22.4. The van der Waals surface area contributed by atoms with Crippen LogP contribution in [-0.2, 0) is 4.79 Å². The number of rotatable bonds is 7. The Bertz CT molecular complexity index is 1060. The fourth-order valence-electron chi connectivity index (χ4n) is 3.01. The van der Waals surface area contributed by atoms with Gasteiger partial charge in [0.15, 0.2) is 5.13 Å². The number of benzene rings is 2. The van der Waals surface area contributed by atoms with Crippen LogP contribution >= 0.6 is 11.3 Å². The molecule has 8 heteroatoms. The minimum atomic E-state index is -0.772. The van der Waals surface area contributed by atoms with E-state index in [9.17, 15) is 14.0 Å². The Kier molecular flexibility index (Phi) is 7.02. The van der Waals surface area contributed by atoms with Crippen LogP contribution in [0, 0.1) is 18.7 Å². The molecule has 0 saturated carbocycles. The van der Waals surface area contributed by atoms with E-state index in [1.54, 1.807) is 7.11 Å². The first-order valence-corrected chi connectivity index (χ1v) is 10.6. The van der Waals surface area contributed by atoms with Crippen molar-refractivity contribution in [1.82, 2.24) is 10.3 Å². The zero-order chi connectivity index (χ0) is 22.5. The molecule has 0 aliphatic heterocycles. The van der Waals surface area contributed by atoms with Gasteiger partial charge < -0.3 is 15.4 Å². The van der Waals surface area contributed by atoms with Crippen molar-refractivity contribution in [3.63, 3.8) is 0 Å². The summed E-state index contributed by atoms with van der Waals surface area (Å²) in [4.78, 5) is 30.9. The molecule has 2 amide bonds. The maximum absolute atomic E-state index is 13.1. The summed E-state index contributed by atoms with van der Waals surface area (Å²) in [6, 6.07) is 11.9. The number of carbonyl (C=O) groups excluding carboxylic acids is 2. The van der Waals surface area contributed by atoms with Gasteiger partial charge in [0.25, 0.3) is 5.91 Å². The molecule has 3 aromatic rings. The van der Waals surface area contributed by atoms with Crippen LogP contribution in [0.2, 0.25) is 0 Å². The van der Waals surface area contributed by atoms with Gasteiger partial charge >= 0.3 is 0 Å². The number of aromatic nitrogens is 1. The quantitative estimate of drug-likeness (QED) is 0.559. The number of hydrogen-bond acceptors (Lipinski definition) is 5. The van der Waals surface area contributed by atoms with Crippen LogP contribution in [0.4, 0.5) is 9.52 Å². The van der Waals surface area contributed by atoms with Crippen molar-refractivity contribution in [3.8, 4) is 17.0 Å². The highest BCUT2D eigenvalue weighted by Gasteiger charge is 2.26.